The molecule has 3 aliphatic heterocycles. The molecule has 0 bridgehead atoms. The number of carbonyl (C=O) groups is 3. The minimum absolute atomic E-state index is 0.0732. The van der Waals surface area contributed by atoms with Crippen LogP contribution in [-0.4, -0.2) is 60.5 Å². The lowest BCUT2D eigenvalue weighted by atomic mass is 9.75. The van der Waals surface area contributed by atoms with Crippen molar-refractivity contribution < 1.29 is 19.1 Å². The number of ether oxygens (including phenoxy) is 1. The van der Waals surface area contributed by atoms with Crippen LogP contribution in [0.15, 0.2) is 30.3 Å². The van der Waals surface area contributed by atoms with Gasteiger partial charge in [0.2, 0.25) is 5.91 Å². The van der Waals surface area contributed by atoms with E-state index in [9.17, 15) is 14.4 Å². The Hall–Kier alpha value is -2.41. The molecule has 4 rings (SSSR count). The SMILES string of the molecule is CC1(c2ccccc2)NC(=O)N(CC(=O)N2CC3(CCCOC3)C2)C1=O. The average molecular weight is 357 g/mol. The summed E-state index contributed by atoms with van der Waals surface area (Å²) in [4.78, 5) is 40.5. The maximum Gasteiger partial charge on any atom is 0.325 e. The number of hydrogen-bond donors (Lipinski definition) is 1. The number of carbonyl (C=O) groups excluding carboxylic acids is 3. The van der Waals surface area contributed by atoms with Crippen molar-refractivity contribution in [1.82, 2.24) is 15.1 Å². The van der Waals surface area contributed by atoms with Crippen LogP contribution in [0.2, 0.25) is 0 Å². The predicted octanol–water partition coefficient (Wildman–Crippen LogP) is 1.09. The van der Waals surface area contributed by atoms with E-state index in [0.717, 1.165) is 24.3 Å². The van der Waals surface area contributed by atoms with Crippen molar-refractivity contribution in [2.24, 2.45) is 5.41 Å². The van der Waals surface area contributed by atoms with Gasteiger partial charge in [-0.1, -0.05) is 30.3 Å². The van der Waals surface area contributed by atoms with Crippen LogP contribution in [0, 0.1) is 5.41 Å². The number of likely N-dealkylation sites (tertiary alicyclic amines) is 1. The molecule has 3 fully saturated rings. The van der Waals surface area contributed by atoms with E-state index in [1.54, 1.807) is 24.0 Å². The summed E-state index contributed by atoms with van der Waals surface area (Å²) in [5, 5.41) is 2.73. The van der Waals surface area contributed by atoms with Crippen molar-refractivity contribution in [2.75, 3.05) is 32.8 Å². The van der Waals surface area contributed by atoms with Gasteiger partial charge >= 0.3 is 6.03 Å². The molecule has 0 aliphatic carbocycles. The average Bonchev–Trinajstić information content (AvgIpc) is 2.85. The van der Waals surface area contributed by atoms with Gasteiger partial charge < -0.3 is 15.0 Å². The number of amides is 4. The summed E-state index contributed by atoms with van der Waals surface area (Å²) in [6, 6.07) is 8.56. The molecular weight excluding hydrogens is 334 g/mol. The van der Waals surface area contributed by atoms with Crippen LogP contribution in [0.5, 0.6) is 0 Å². The molecule has 0 saturated carbocycles. The Bertz CT molecular complexity index is 736. The van der Waals surface area contributed by atoms with E-state index < -0.39 is 17.5 Å². The Balaban J connectivity index is 1.42. The molecule has 26 heavy (non-hydrogen) atoms. The van der Waals surface area contributed by atoms with E-state index in [-0.39, 0.29) is 17.9 Å². The molecule has 0 radical (unpaired) electrons. The van der Waals surface area contributed by atoms with Crippen LogP contribution in [0.25, 0.3) is 0 Å². The number of benzene rings is 1. The van der Waals surface area contributed by atoms with Crippen LogP contribution in [-0.2, 0) is 19.9 Å². The fourth-order valence-electron chi connectivity index (χ4n) is 4.14. The van der Waals surface area contributed by atoms with Gasteiger partial charge in [0.25, 0.3) is 5.91 Å². The first-order valence-corrected chi connectivity index (χ1v) is 8.99. The molecule has 3 heterocycles. The third-order valence-electron chi connectivity index (χ3n) is 5.73. The zero-order valence-electron chi connectivity index (χ0n) is 14.9. The Morgan fingerprint density at radius 2 is 1.96 bits per heavy atom. The number of rotatable bonds is 3. The Morgan fingerprint density at radius 3 is 2.62 bits per heavy atom. The number of nitrogens with one attached hydrogen (secondary N) is 1. The molecule has 138 valence electrons. The molecule has 1 atom stereocenters. The van der Waals surface area contributed by atoms with Crippen molar-refractivity contribution in [3.63, 3.8) is 0 Å². The quantitative estimate of drug-likeness (QED) is 0.822. The van der Waals surface area contributed by atoms with Gasteiger partial charge in [0.05, 0.1) is 6.61 Å². The third kappa shape index (κ3) is 2.67. The van der Waals surface area contributed by atoms with E-state index in [2.05, 4.69) is 5.32 Å². The maximum absolute atomic E-state index is 12.8. The van der Waals surface area contributed by atoms with Gasteiger partial charge in [0, 0.05) is 25.1 Å². The lowest BCUT2D eigenvalue weighted by molar-refractivity contribution is -0.156. The Kier molecular flexibility index (Phi) is 3.99. The van der Waals surface area contributed by atoms with E-state index in [1.807, 2.05) is 18.2 Å². The lowest BCUT2D eigenvalue weighted by Gasteiger charge is -2.52. The summed E-state index contributed by atoms with van der Waals surface area (Å²) in [6.45, 7) is 4.22. The van der Waals surface area contributed by atoms with Crippen LogP contribution in [0.1, 0.15) is 25.3 Å². The summed E-state index contributed by atoms with van der Waals surface area (Å²) in [7, 11) is 0. The summed E-state index contributed by atoms with van der Waals surface area (Å²) < 4.78 is 5.53. The molecule has 1 spiro atoms. The van der Waals surface area contributed by atoms with Crippen molar-refractivity contribution in [3.05, 3.63) is 35.9 Å². The zero-order chi connectivity index (χ0) is 18.4. The third-order valence-corrected chi connectivity index (χ3v) is 5.73. The van der Waals surface area contributed by atoms with E-state index in [0.29, 0.717) is 25.3 Å². The minimum atomic E-state index is -1.13. The van der Waals surface area contributed by atoms with Gasteiger partial charge in [-0.2, -0.15) is 0 Å². The van der Waals surface area contributed by atoms with E-state index in [1.165, 1.54) is 0 Å². The molecule has 3 saturated heterocycles. The molecule has 3 aliphatic rings. The molecule has 1 aromatic rings. The van der Waals surface area contributed by atoms with Gasteiger partial charge in [-0.3, -0.25) is 14.5 Å². The summed E-state index contributed by atoms with van der Waals surface area (Å²) in [5.41, 5.74) is -0.356. The van der Waals surface area contributed by atoms with Crippen molar-refractivity contribution in [2.45, 2.75) is 25.3 Å². The molecule has 4 amide bonds. The monoisotopic (exact) mass is 357 g/mol. The second kappa shape index (κ2) is 6.09. The second-order valence-electron chi connectivity index (χ2n) is 7.72. The normalized spacial score (nSPS) is 27.4. The van der Waals surface area contributed by atoms with Crippen LogP contribution in [0.3, 0.4) is 0 Å². The number of urea groups is 1. The highest BCUT2D eigenvalue weighted by molar-refractivity contribution is 6.09. The Labute approximate surface area is 152 Å². The van der Waals surface area contributed by atoms with Gasteiger partial charge in [0.1, 0.15) is 12.1 Å². The maximum atomic E-state index is 12.8. The minimum Gasteiger partial charge on any atom is -0.381 e. The van der Waals surface area contributed by atoms with E-state index in [4.69, 9.17) is 4.74 Å². The first-order valence-electron chi connectivity index (χ1n) is 8.99. The number of nitrogens with zero attached hydrogens (tertiary/aromatic N) is 2. The standard InChI is InChI=1S/C19H23N3O4/c1-18(14-6-3-2-4-7-14)16(24)22(17(25)20-18)10-15(23)21-11-19(12-21)8-5-9-26-13-19/h2-4,6-7H,5,8-13H2,1H3,(H,20,25). The second-order valence-corrected chi connectivity index (χ2v) is 7.72. The van der Waals surface area contributed by atoms with E-state index >= 15 is 0 Å². The van der Waals surface area contributed by atoms with Crippen LogP contribution >= 0.6 is 0 Å². The smallest absolute Gasteiger partial charge is 0.325 e. The fraction of sp³-hybridized carbons (Fsp3) is 0.526. The molecule has 1 aromatic carbocycles. The lowest BCUT2D eigenvalue weighted by Crippen LogP contribution is -2.63. The highest BCUT2D eigenvalue weighted by Gasteiger charge is 2.51. The van der Waals surface area contributed by atoms with Crippen LogP contribution < -0.4 is 5.32 Å². The molecule has 7 nitrogen and oxygen atoms in total. The molecule has 1 N–H and O–H groups in total. The topological polar surface area (TPSA) is 79.0 Å². The summed E-state index contributed by atoms with van der Waals surface area (Å²) >= 11 is 0. The first kappa shape index (κ1) is 17.0. The highest BCUT2D eigenvalue weighted by Crippen LogP contribution is 2.38. The molecular formula is C19H23N3O4. The van der Waals surface area contributed by atoms with Crippen LogP contribution in [0.4, 0.5) is 4.79 Å². The summed E-state index contributed by atoms with van der Waals surface area (Å²) in [6.07, 6.45) is 2.08. The molecule has 0 aromatic heterocycles. The summed E-state index contributed by atoms with van der Waals surface area (Å²) in [5.74, 6) is -0.583. The molecule has 1 unspecified atom stereocenters. The predicted molar refractivity (Wildman–Crippen MR) is 93.1 cm³/mol. The Morgan fingerprint density at radius 1 is 1.23 bits per heavy atom. The number of hydrogen-bond acceptors (Lipinski definition) is 4. The van der Waals surface area contributed by atoms with Gasteiger partial charge in [-0.25, -0.2) is 4.79 Å². The van der Waals surface area contributed by atoms with Crippen molar-refractivity contribution >= 4 is 17.8 Å². The van der Waals surface area contributed by atoms with Gasteiger partial charge in [-0.05, 0) is 25.3 Å². The highest BCUT2D eigenvalue weighted by atomic mass is 16.5. The van der Waals surface area contributed by atoms with Crippen molar-refractivity contribution in [3.8, 4) is 0 Å². The van der Waals surface area contributed by atoms with Gasteiger partial charge in [0.15, 0.2) is 0 Å². The first-order chi connectivity index (χ1) is 12.4. The largest absolute Gasteiger partial charge is 0.381 e. The number of imide groups is 1. The fourth-order valence-corrected chi connectivity index (χ4v) is 4.14. The van der Waals surface area contributed by atoms with Crippen molar-refractivity contribution in [1.29, 1.82) is 0 Å². The molecule has 7 heteroatoms. The zero-order valence-corrected chi connectivity index (χ0v) is 14.9. The van der Waals surface area contributed by atoms with Gasteiger partial charge in [-0.15, -0.1) is 0 Å².